The molecule has 0 aliphatic heterocycles. The summed E-state index contributed by atoms with van der Waals surface area (Å²) >= 11 is 2.62. The van der Waals surface area contributed by atoms with Gasteiger partial charge >= 0.3 is 175 Å². The fourth-order valence-electron chi connectivity index (χ4n) is 3.96. The van der Waals surface area contributed by atoms with Gasteiger partial charge in [0, 0.05) is 0 Å². The van der Waals surface area contributed by atoms with E-state index in [1.54, 1.807) is 0 Å². The molecule has 0 amide bonds. The Bertz CT molecular complexity index is 825. The van der Waals surface area contributed by atoms with Gasteiger partial charge in [-0.05, 0) is 0 Å². The Labute approximate surface area is 174 Å². The summed E-state index contributed by atoms with van der Waals surface area (Å²) in [7, 11) is 1.48. The van der Waals surface area contributed by atoms with Gasteiger partial charge in [0.1, 0.15) is 0 Å². The van der Waals surface area contributed by atoms with Crippen molar-refractivity contribution in [2.45, 2.75) is 19.0 Å². The van der Waals surface area contributed by atoms with Crippen molar-refractivity contribution in [1.29, 1.82) is 0 Å². The number of carbonyl (C=O) groups excluding carboxylic acids is 1. The molecule has 0 heterocycles. The molecule has 140 valence electrons. The zero-order chi connectivity index (χ0) is 19.6. The van der Waals surface area contributed by atoms with Crippen LogP contribution in [0.3, 0.4) is 0 Å². The summed E-state index contributed by atoms with van der Waals surface area (Å²) in [5.41, 5.74) is 0. The normalized spacial score (nSPS) is 13.4. The number of rotatable bonds is 5. The van der Waals surface area contributed by atoms with Crippen molar-refractivity contribution in [3.8, 4) is 0 Å². The van der Waals surface area contributed by atoms with Gasteiger partial charge in [0.15, 0.2) is 0 Å². The number of hydrogen-bond acceptors (Lipinski definition) is 2. The first-order valence-electron chi connectivity index (χ1n) is 8.86. The van der Waals surface area contributed by atoms with E-state index in [4.69, 9.17) is 4.74 Å². The maximum absolute atomic E-state index is 13.2. The van der Waals surface area contributed by atoms with Crippen LogP contribution in [0.4, 0.5) is 0 Å². The van der Waals surface area contributed by atoms with Crippen molar-refractivity contribution in [2.24, 2.45) is 0 Å². The third-order valence-electron chi connectivity index (χ3n) is 5.46. The molecular formula is C23H24IO2P. The third-order valence-corrected chi connectivity index (χ3v) is 20.2. The summed E-state index contributed by atoms with van der Waals surface area (Å²) in [5, 5.41) is 2.72. The van der Waals surface area contributed by atoms with Crippen LogP contribution >= 0.6 is 26.3 Å². The number of benzene rings is 3. The second-order valence-corrected chi connectivity index (χ2v) is 17.5. The molecule has 0 fully saturated rings. The molecule has 0 spiro atoms. The van der Waals surface area contributed by atoms with Crippen LogP contribution < -0.4 is 15.9 Å². The molecular weight excluding hydrogens is 466 g/mol. The molecule has 0 aliphatic carbocycles. The Balaban J connectivity index is 2.58. The Morgan fingerprint density at radius 2 is 1.04 bits per heavy atom. The third kappa shape index (κ3) is 2.75. The topological polar surface area (TPSA) is 26.3 Å². The Kier molecular flexibility index (Phi) is 5.47. The summed E-state index contributed by atoms with van der Waals surface area (Å²) in [6.45, 7) is 4.05. The number of hydrogen-bond donors (Lipinski definition) is 0. The van der Waals surface area contributed by atoms with Crippen molar-refractivity contribution in [3.63, 3.8) is 0 Å². The van der Waals surface area contributed by atoms with Crippen LogP contribution in [0, 0.1) is 0 Å². The van der Waals surface area contributed by atoms with E-state index in [-0.39, 0.29) is 5.97 Å². The van der Waals surface area contributed by atoms with Crippen molar-refractivity contribution < 1.29 is 9.53 Å². The monoisotopic (exact) mass is 490 g/mol. The molecule has 4 heteroatoms. The predicted octanol–water partition coefficient (Wildman–Crippen LogP) is 4.82. The van der Waals surface area contributed by atoms with Gasteiger partial charge in [0.05, 0.1) is 0 Å². The van der Waals surface area contributed by atoms with Gasteiger partial charge < -0.3 is 0 Å². The molecule has 3 aromatic carbocycles. The van der Waals surface area contributed by atoms with Gasteiger partial charge in [0.2, 0.25) is 0 Å². The van der Waals surface area contributed by atoms with E-state index in [1.165, 1.54) is 7.11 Å². The SMILES string of the molecule is COC(=O)C(C)(C)P(I)(c1ccccc1)(c1ccccc1)c1ccccc1. The molecule has 3 rings (SSSR count). The first-order chi connectivity index (χ1) is 12.9. The molecule has 0 radical (unpaired) electrons. The van der Waals surface area contributed by atoms with E-state index in [1.807, 2.05) is 32.0 Å². The standard InChI is InChI=1S/C23H24IO2P/c1-23(2,22(25)26-3)27(24,19-13-7-4-8-14-19,20-15-9-5-10-16-20)21-17-11-6-12-18-21/h4-18H,1-3H3. The predicted molar refractivity (Wildman–Crippen MR) is 125 cm³/mol. The van der Waals surface area contributed by atoms with Crippen LogP contribution in [0.1, 0.15) is 13.8 Å². The molecule has 27 heavy (non-hydrogen) atoms. The van der Waals surface area contributed by atoms with Gasteiger partial charge in [0.25, 0.3) is 0 Å². The number of halogens is 1. The first-order valence-corrected chi connectivity index (χ1v) is 13.9. The van der Waals surface area contributed by atoms with Crippen LogP contribution in [0.15, 0.2) is 91.0 Å². The molecule has 2 nitrogen and oxygen atoms in total. The number of methoxy groups -OCH3 is 1. The quantitative estimate of drug-likeness (QED) is 0.292. The van der Waals surface area contributed by atoms with E-state index in [2.05, 4.69) is 94.8 Å². The van der Waals surface area contributed by atoms with E-state index in [0.29, 0.717) is 0 Å². The fourth-order valence-corrected chi connectivity index (χ4v) is 12.9. The van der Waals surface area contributed by atoms with Crippen molar-refractivity contribution in [2.75, 3.05) is 7.11 Å². The van der Waals surface area contributed by atoms with E-state index in [9.17, 15) is 4.79 Å². The molecule has 0 saturated carbocycles. The average molecular weight is 490 g/mol. The molecule has 0 saturated heterocycles. The van der Waals surface area contributed by atoms with Crippen LogP contribution in [-0.2, 0) is 9.53 Å². The number of esters is 1. The summed E-state index contributed by atoms with van der Waals surface area (Å²) in [4.78, 5) is 13.2. The van der Waals surface area contributed by atoms with Crippen molar-refractivity contribution in [3.05, 3.63) is 91.0 Å². The first kappa shape index (κ1) is 20.0. The van der Waals surface area contributed by atoms with E-state index >= 15 is 0 Å². The Morgan fingerprint density at radius 3 is 1.30 bits per heavy atom. The van der Waals surface area contributed by atoms with Gasteiger partial charge in [-0.3, -0.25) is 0 Å². The van der Waals surface area contributed by atoms with E-state index in [0.717, 1.165) is 15.9 Å². The molecule has 0 unspecified atom stereocenters. The zero-order valence-corrected chi connectivity index (χ0v) is 18.9. The molecule has 0 atom stereocenters. The Hall–Kier alpha value is -1.71. The second kappa shape index (κ2) is 7.37. The number of carbonyl (C=O) groups is 1. The second-order valence-electron chi connectivity index (χ2n) is 7.07. The van der Waals surface area contributed by atoms with Crippen molar-refractivity contribution in [1.82, 2.24) is 0 Å². The van der Waals surface area contributed by atoms with Crippen molar-refractivity contribution >= 4 is 48.2 Å². The van der Waals surface area contributed by atoms with Crippen LogP contribution in [0.2, 0.25) is 0 Å². The van der Waals surface area contributed by atoms with Gasteiger partial charge in [-0.1, -0.05) is 0 Å². The van der Waals surface area contributed by atoms with Crippen LogP contribution in [-0.4, -0.2) is 18.2 Å². The maximum atomic E-state index is 13.2. The van der Waals surface area contributed by atoms with Gasteiger partial charge in [-0.15, -0.1) is 0 Å². The molecule has 0 N–H and O–H groups in total. The van der Waals surface area contributed by atoms with Crippen LogP contribution in [0.5, 0.6) is 0 Å². The van der Waals surface area contributed by atoms with Crippen LogP contribution in [0.25, 0.3) is 0 Å². The Morgan fingerprint density at radius 1 is 0.741 bits per heavy atom. The number of ether oxygens (including phenoxy) is 1. The summed E-state index contributed by atoms with van der Waals surface area (Å²) in [6, 6.07) is 31.2. The summed E-state index contributed by atoms with van der Waals surface area (Å²) in [6.07, 6.45) is 0. The minimum absolute atomic E-state index is 0.203. The zero-order valence-electron chi connectivity index (χ0n) is 15.8. The van der Waals surface area contributed by atoms with Gasteiger partial charge in [-0.2, -0.15) is 0 Å². The van der Waals surface area contributed by atoms with Gasteiger partial charge in [-0.25, -0.2) is 0 Å². The summed E-state index contributed by atoms with van der Waals surface area (Å²) in [5.74, 6) is -0.203. The molecule has 0 aromatic heterocycles. The average Bonchev–Trinajstić information content (AvgIpc) is 2.74. The fraction of sp³-hybridized carbons (Fsp3) is 0.174. The van der Waals surface area contributed by atoms with E-state index < -0.39 is 9.40 Å². The minimum atomic E-state index is -3.26. The molecule has 0 aliphatic rings. The molecule has 3 aromatic rings. The molecule has 0 bridgehead atoms. The summed E-state index contributed by atoms with van der Waals surface area (Å²) < 4.78 is 2.08.